The van der Waals surface area contributed by atoms with E-state index in [0.717, 1.165) is 29.8 Å². The smallest absolute Gasteiger partial charge is 0.273 e. The Balaban J connectivity index is 1.51. The molecule has 0 saturated heterocycles. The second kappa shape index (κ2) is 7.16. The number of rotatable bonds is 5. The molecular weight excluding hydrogens is 348 g/mol. The summed E-state index contributed by atoms with van der Waals surface area (Å²) < 4.78 is 10.7. The van der Waals surface area contributed by atoms with Crippen molar-refractivity contribution >= 4 is 5.69 Å². The van der Waals surface area contributed by atoms with E-state index in [1.807, 2.05) is 18.3 Å². The van der Waals surface area contributed by atoms with Crippen LogP contribution >= 0.6 is 0 Å². The number of non-ortho nitro benzene ring substituents is 1. The van der Waals surface area contributed by atoms with Gasteiger partial charge in [-0.15, -0.1) is 0 Å². The summed E-state index contributed by atoms with van der Waals surface area (Å²) in [5, 5.41) is 10.9. The molecule has 1 aliphatic rings. The van der Waals surface area contributed by atoms with Gasteiger partial charge in [0.15, 0.2) is 11.6 Å². The molecule has 0 spiro atoms. The number of aromatic nitrogens is 2. The SMILES string of the molecule is COc1cc([N+](=O)[O-])ccc1CN1CCc2nc(-c3ccco3)ncc2C1. The summed E-state index contributed by atoms with van der Waals surface area (Å²) in [4.78, 5) is 21.8. The molecule has 0 amide bonds. The van der Waals surface area contributed by atoms with Gasteiger partial charge in [0, 0.05) is 49.4 Å². The van der Waals surface area contributed by atoms with Gasteiger partial charge in [0.25, 0.3) is 5.69 Å². The minimum Gasteiger partial charge on any atom is -0.496 e. The number of ether oxygens (including phenoxy) is 1. The molecular formula is C19H18N4O4. The van der Waals surface area contributed by atoms with Crippen molar-refractivity contribution < 1.29 is 14.1 Å². The van der Waals surface area contributed by atoms with Crippen LogP contribution in [0, 0.1) is 10.1 Å². The summed E-state index contributed by atoms with van der Waals surface area (Å²) in [7, 11) is 1.53. The number of hydrogen-bond donors (Lipinski definition) is 0. The van der Waals surface area contributed by atoms with Crippen LogP contribution < -0.4 is 4.74 Å². The third-order valence-corrected chi connectivity index (χ3v) is 4.63. The maximum atomic E-state index is 10.9. The second-order valence-corrected chi connectivity index (χ2v) is 6.36. The second-order valence-electron chi connectivity index (χ2n) is 6.36. The summed E-state index contributed by atoms with van der Waals surface area (Å²) in [5.74, 6) is 1.79. The number of furan rings is 1. The Kier molecular flexibility index (Phi) is 4.55. The van der Waals surface area contributed by atoms with Gasteiger partial charge in [0.2, 0.25) is 0 Å². The maximum Gasteiger partial charge on any atom is 0.273 e. The molecule has 1 aromatic carbocycles. The van der Waals surface area contributed by atoms with Crippen LogP contribution in [0.1, 0.15) is 16.8 Å². The highest BCUT2D eigenvalue weighted by molar-refractivity contribution is 5.47. The molecule has 1 aliphatic heterocycles. The van der Waals surface area contributed by atoms with Crippen molar-refractivity contribution in [1.82, 2.24) is 14.9 Å². The molecule has 3 aromatic rings. The van der Waals surface area contributed by atoms with E-state index < -0.39 is 4.92 Å². The first kappa shape index (κ1) is 17.2. The number of methoxy groups -OCH3 is 1. The van der Waals surface area contributed by atoms with Gasteiger partial charge in [-0.3, -0.25) is 15.0 Å². The first-order valence-electron chi connectivity index (χ1n) is 8.56. The molecule has 0 bridgehead atoms. The summed E-state index contributed by atoms with van der Waals surface area (Å²) >= 11 is 0. The van der Waals surface area contributed by atoms with Crippen LogP contribution in [0.25, 0.3) is 11.6 Å². The number of fused-ring (bicyclic) bond motifs is 1. The predicted molar refractivity (Wildman–Crippen MR) is 97.2 cm³/mol. The molecule has 0 aliphatic carbocycles. The van der Waals surface area contributed by atoms with Gasteiger partial charge in [0.05, 0.1) is 30.1 Å². The molecule has 0 N–H and O–H groups in total. The molecule has 4 rings (SSSR count). The van der Waals surface area contributed by atoms with Crippen molar-refractivity contribution in [3.63, 3.8) is 0 Å². The lowest BCUT2D eigenvalue weighted by atomic mass is 10.1. The highest BCUT2D eigenvalue weighted by atomic mass is 16.6. The summed E-state index contributed by atoms with van der Waals surface area (Å²) in [5.41, 5.74) is 3.05. The fourth-order valence-electron chi connectivity index (χ4n) is 3.25. The van der Waals surface area contributed by atoms with Crippen LogP contribution in [0.3, 0.4) is 0 Å². The highest BCUT2D eigenvalue weighted by Gasteiger charge is 2.21. The van der Waals surface area contributed by atoms with Crippen molar-refractivity contribution in [3.05, 3.63) is 69.7 Å². The number of benzene rings is 1. The molecule has 8 nitrogen and oxygen atoms in total. The average molecular weight is 366 g/mol. The van der Waals surface area contributed by atoms with E-state index in [0.29, 0.717) is 30.4 Å². The lowest BCUT2D eigenvalue weighted by Gasteiger charge is -2.28. The summed E-state index contributed by atoms with van der Waals surface area (Å²) in [6.07, 6.45) is 4.26. The quantitative estimate of drug-likeness (QED) is 0.505. The zero-order valence-corrected chi connectivity index (χ0v) is 14.8. The van der Waals surface area contributed by atoms with Crippen molar-refractivity contribution in [2.24, 2.45) is 0 Å². The van der Waals surface area contributed by atoms with Crippen LogP contribution in [0.4, 0.5) is 5.69 Å². The predicted octanol–water partition coefficient (Wildman–Crippen LogP) is 3.21. The van der Waals surface area contributed by atoms with Crippen molar-refractivity contribution in [1.29, 1.82) is 0 Å². The largest absolute Gasteiger partial charge is 0.496 e. The molecule has 0 saturated carbocycles. The highest BCUT2D eigenvalue weighted by Crippen LogP contribution is 2.28. The number of hydrogen-bond acceptors (Lipinski definition) is 7. The number of nitro benzene ring substituents is 1. The Bertz CT molecular complexity index is 972. The van der Waals surface area contributed by atoms with E-state index in [9.17, 15) is 10.1 Å². The standard InChI is InChI=1S/C19H18N4O4/c1-26-18-9-15(23(24)25)5-4-13(18)11-22-7-6-16-14(12-22)10-20-19(21-16)17-3-2-8-27-17/h2-5,8-10H,6-7,11-12H2,1H3. The van der Waals surface area contributed by atoms with Crippen LogP contribution in [0.2, 0.25) is 0 Å². The Labute approximate surface area is 155 Å². The lowest BCUT2D eigenvalue weighted by Crippen LogP contribution is -2.31. The topological polar surface area (TPSA) is 94.5 Å². The van der Waals surface area contributed by atoms with E-state index in [4.69, 9.17) is 9.15 Å². The molecule has 0 radical (unpaired) electrons. The van der Waals surface area contributed by atoms with Crippen LogP contribution in [-0.2, 0) is 19.5 Å². The van der Waals surface area contributed by atoms with Crippen LogP contribution in [0.15, 0.2) is 47.2 Å². The Morgan fingerprint density at radius 1 is 1.37 bits per heavy atom. The molecule has 8 heteroatoms. The van der Waals surface area contributed by atoms with Crippen molar-refractivity contribution in [3.8, 4) is 17.3 Å². The van der Waals surface area contributed by atoms with Crippen molar-refractivity contribution in [2.45, 2.75) is 19.5 Å². The first-order valence-corrected chi connectivity index (χ1v) is 8.56. The van der Waals surface area contributed by atoms with E-state index in [1.165, 1.54) is 19.2 Å². The fraction of sp³-hybridized carbons (Fsp3) is 0.263. The van der Waals surface area contributed by atoms with Gasteiger partial charge in [-0.1, -0.05) is 0 Å². The normalized spacial score (nSPS) is 14.0. The molecule has 27 heavy (non-hydrogen) atoms. The zero-order valence-electron chi connectivity index (χ0n) is 14.8. The first-order chi connectivity index (χ1) is 13.1. The van der Waals surface area contributed by atoms with Gasteiger partial charge in [-0.05, 0) is 18.2 Å². The van der Waals surface area contributed by atoms with Gasteiger partial charge in [0.1, 0.15) is 5.75 Å². The van der Waals surface area contributed by atoms with Crippen LogP contribution in [-0.4, -0.2) is 33.4 Å². The van der Waals surface area contributed by atoms with E-state index in [2.05, 4.69) is 14.9 Å². The van der Waals surface area contributed by atoms with E-state index in [1.54, 1.807) is 12.3 Å². The Morgan fingerprint density at radius 2 is 2.26 bits per heavy atom. The molecule has 0 fully saturated rings. The average Bonchev–Trinajstić information content (AvgIpc) is 3.22. The summed E-state index contributed by atoms with van der Waals surface area (Å²) in [6.45, 7) is 2.19. The molecule has 3 heterocycles. The van der Waals surface area contributed by atoms with Crippen molar-refractivity contribution in [2.75, 3.05) is 13.7 Å². The third kappa shape index (κ3) is 3.52. The third-order valence-electron chi connectivity index (χ3n) is 4.63. The van der Waals surface area contributed by atoms with Gasteiger partial charge in [-0.2, -0.15) is 0 Å². The Morgan fingerprint density at radius 3 is 3.00 bits per heavy atom. The lowest BCUT2D eigenvalue weighted by molar-refractivity contribution is -0.384. The zero-order chi connectivity index (χ0) is 18.8. The minimum absolute atomic E-state index is 0.0263. The molecule has 0 atom stereocenters. The monoisotopic (exact) mass is 366 g/mol. The maximum absolute atomic E-state index is 10.9. The Hall–Kier alpha value is -3.26. The van der Waals surface area contributed by atoms with Gasteiger partial charge in [-0.25, -0.2) is 9.97 Å². The van der Waals surface area contributed by atoms with E-state index >= 15 is 0 Å². The molecule has 2 aromatic heterocycles. The van der Waals surface area contributed by atoms with Gasteiger partial charge >= 0.3 is 0 Å². The van der Waals surface area contributed by atoms with Crippen LogP contribution in [0.5, 0.6) is 5.75 Å². The fourth-order valence-corrected chi connectivity index (χ4v) is 3.25. The molecule has 138 valence electrons. The minimum atomic E-state index is -0.419. The molecule has 0 unspecified atom stereocenters. The number of nitrogens with zero attached hydrogens (tertiary/aromatic N) is 4. The summed E-state index contributed by atoms with van der Waals surface area (Å²) in [6, 6.07) is 8.39. The van der Waals surface area contributed by atoms with Gasteiger partial charge < -0.3 is 9.15 Å². The van der Waals surface area contributed by atoms with E-state index in [-0.39, 0.29) is 5.69 Å². The number of nitro groups is 1.